The Labute approximate surface area is 201 Å². The van der Waals surface area contributed by atoms with Crippen LogP contribution in [0.5, 0.6) is 0 Å². The van der Waals surface area contributed by atoms with Gasteiger partial charge in [0.05, 0.1) is 29.0 Å². The first-order valence-corrected chi connectivity index (χ1v) is 11.2. The van der Waals surface area contributed by atoms with E-state index in [0.29, 0.717) is 28.3 Å². The van der Waals surface area contributed by atoms with Gasteiger partial charge in [-0.25, -0.2) is 18.6 Å². The van der Waals surface area contributed by atoms with Crippen molar-refractivity contribution < 1.29 is 9.18 Å². The first-order valence-electron chi connectivity index (χ1n) is 11.2. The van der Waals surface area contributed by atoms with Crippen LogP contribution in [0.15, 0.2) is 73.1 Å². The maximum atomic E-state index is 14.3. The molecule has 1 unspecified atom stereocenters. The average Bonchev–Trinajstić information content (AvgIpc) is 3.47. The zero-order valence-corrected chi connectivity index (χ0v) is 19.5. The number of fused-ring (bicyclic) bond motifs is 1. The fourth-order valence-electron chi connectivity index (χ4n) is 4.05. The minimum absolute atomic E-state index is 0.216. The highest BCUT2D eigenvalue weighted by Gasteiger charge is 2.18. The lowest BCUT2D eigenvalue weighted by molar-refractivity contribution is 0.0964. The molecule has 4 aromatic heterocycles. The van der Waals surface area contributed by atoms with E-state index in [4.69, 9.17) is 5.10 Å². The quantitative estimate of drug-likeness (QED) is 0.381. The molecular weight excluding hydrogens is 445 g/mol. The zero-order chi connectivity index (χ0) is 24.5. The largest absolute Gasteiger partial charge is 0.362 e. The highest BCUT2D eigenvalue weighted by atomic mass is 19.1. The summed E-state index contributed by atoms with van der Waals surface area (Å²) in [5, 5.41) is 15.0. The van der Waals surface area contributed by atoms with E-state index in [-0.39, 0.29) is 17.8 Å². The molecule has 0 fully saturated rings. The molecule has 0 aliphatic rings. The number of nitrogens with zero attached hydrogens (tertiary/aromatic N) is 5. The fraction of sp³-hybridized carbons (Fsp3) is 0.154. The van der Waals surface area contributed by atoms with Gasteiger partial charge in [-0.15, -0.1) is 5.10 Å². The van der Waals surface area contributed by atoms with Gasteiger partial charge in [0.2, 0.25) is 0 Å². The highest BCUT2D eigenvalue weighted by Crippen LogP contribution is 2.29. The summed E-state index contributed by atoms with van der Waals surface area (Å²) in [7, 11) is 1.59. The summed E-state index contributed by atoms with van der Waals surface area (Å²) in [5.41, 5.74) is 4.13. The van der Waals surface area contributed by atoms with Crippen LogP contribution < -0.4 is 10.6 Å². The van der Waals surface area contributed by atoms with Gasteiger partial charge in [0.1, 0.15) is 11.6 Å². The summed E-state index contributed by atoms with van der Waals surface area (Å²) in [4.78, 5) is 17.0. The number of pyridine rings is 2. The second-order valence-corrected chi connectivity index (χ2v) is 8.23. The number of hydrogen-bond acceptors (Lipinski definition) is 5. The third-order valence-corrected chi connectivity index (χ3v) is 5.83. The topological polar surface area (TPSA) is 89.1 Å². The van der Waals surface area contributed by atoms with Gasteiger partial charge in [-0.05, 0) is 44.2 Å². The zero-order valence-electron chi connectivity index (χ0n) is 19.5. The van der Waals surface area contributed by atoms with Crippen LogP contribution in [0.4, 0.5) is 10.2 Å². The predicted octanol–water partition coefficient (Wildman–Crippen LogP) is 4.56. The molecule has 0 aliphatic heterocycles. The van der Waals surface area contributed by atoms with Crippen molar-refractivity contribution in [2.75, 3.05) is 12.4 Å². The van der Waals surface area contributed by atoms with E-state index in [2.05, 4.69) is 20.7 Å². The molecule has 1 aromatic carbocycles. The molecule has 0 radical (unpaired) electrons. The van der Waals surface area contributed by atoms with Crippen LogP contribution in [0.2, 0.25) is 0 Å². The predicted molar refractivity (Wildman–Crippen MR) is 132 cm³/mol. The van der Waals surface area contributed by atoms with Gasteiger partial charge >= 0.3 is 0 Å². The van der Waals surface area contributed by atoms with Crippen molar-refractivity contribution in [2.45, 2.75) is 19.9 Å². The Bertz CT molecular complexity index is 1540. The molecule has 1 atom stereocenters. The first-order chi connectivity index (χ1) is 16.9. The van der Waals surface area contributed by atoms with Crippen LogP contribution in [0, 0.1) is 12.7 Å². The Morgan fingerprint density at radius 1 is 1.09 bits per heavy atom. The number of carbonyl (C=O) groups is 1. The van der Waals surface area contributed by atoms with Crippen molar-refractivity contribution in [2.24, 2.45) is 0 Å². The van der Waals surface area contributed by atoms with Gasteiger partial charge < -0.3 is 10.6 Å². The third-order valence-electron chi connectivity index (χ3n) is 5.83. The molecule has 8 nitrogen and oxygen atoms in total. The van der Waals surface area contributed by atoms with E-state index in [1.165, 1.54) is 6.07 Å². The number of rotatable bonds is 6. The van der Waals surface area contributed by atoms with Crippen LogP contribution in [0.1, 0.15) is 34.6 Å². The highest BCUT2D eigenvalue weighted by molar-refractivity contribution is 6.01. The van der Waals surface area contributed by atoms with Gasteiger partial charge in [0.15, 0.2) is 5.82 Å². The lowest BCUT2D eigenvalue weighted by atomic mass is 10.1. The lowest BCUT2D eigenvalue weighted by Crippen LogP contribution is -2.17. The maximum Gasteiger partial charge on any atom is 0.254 e. The minimum atomic E-state index is -0.310. The van der Waals surface area contributed by atoms with Crippen LogP contribution in [0.3, 0.4) is 0 Å². The molecule has 0 aliphatic carbocycles. The molecule has 176 valence electrons. The van der Waals surface area contributed by atoms with E-state index in [9.17, 15) is 9.18 Å². The molecule has 4 heterocycles. The summed E-state index contributed by atoms with van der Waals surface area (Å²) < 4.78 is 17.7. The number of aromatic nitrogens is 5. The van der Waals surface area contributed by atoms with Gasteiger partial charge in [-0.2, -0.15) is 5.10 Å². The molecule has 5 aromatic rings. The van der Waals surface area contributed by atoms with Crippen molar-refractivity contribution in [3.8, 4) is 17.1 Å². The molecule has 0 spiro atoms. The Morgan fingerprint density at radius 2 is 1.91 bits per heavy atom. The monoisotopic (exact) mass is 469 g/mol. The first kappa shape index (κ1) is 22.3. The smallest absolute Gasteiger partial charge is 0.254 e. The average molecular weight is 470 g/mol. The van der Waals surface area contributed by atoms with Crippen molar-refractivity contribution in [3.63, 3.8) is 0 Å². The molecule has 0 saturated heterocycles. The molecule has 2 N–H and O–H groups in total. The number of hydrogen-bond donors (Lipinski definition) is 2. The van der Waals surface area contributed by atoms with Gasteiger partial charge in [0.25, 0.3) is 5.91 Å². The van der Waals surface area contributed by atoms with E-state index in [1.54, 1.807) is 40.8 Å². The normalized spacial score (nSPS) is 12.0. The molecule has 1 amide bonds. The number of amides is 1. The molecule has 0 saturated carbocycles. The number of halogens is 1. The number of nitrogens with one attached hydrogen (secondary N) is 2. The number of benzene rings is 1. The fourth-order valence-corrected chi connectivity index (χ4v) is 4.05. The molecule has 35 heavy (non-hydrogen) atoms. The minimum Gasteiger partial charge on any atom is -0.362 e. The van der Waals surface area contributed by atoms with Crippen LogP contribution in [-0.2, 0) is 0 Å². The van der Waals surface area contributed by atoms with Crippen LogP contribution >= 0.6 is 0 Å². The van der Waals surface area contributed by atoms with Crippen molar-refractivity contribution in [1.29, 1.82) is 0 Å². The molecule has 0 bridgehead atoms. The van der Waals surface area contributed by atoms with Crippen molar-refractivity contribution in [1.82, 2.24) is 29.7 Å². The Kier molecular flexibility index (Phi) is 5.74. The summed E-state index contributed by atoms with van der Waals surface area (Å²) >= 11 is 0. The number of aryl methyl sites for hydroxylation is 1. The SMILES string of the molecule is CNC(=O)c1cnn2ccc(-c3cc(NC(C)c4ccccc4F)nn3-c3cccc(C)n3)cc12. The van der Waals surface area contributed by atoms with E-state index in [1.807, 2.05) is 56.3 Å². The summed E-state index contributed by atoms with van der Waals surface area (Å²) in [6, 6.07) is 17.8. The van der Waals surface area contributed by atoms with Gasteiger partial charge in [-0.3, -0.25) is 4.79 Å². The lowest BCUT2D eigenvalue weighted by Gasteiger charge is -2.14. The summed E-state index contributed by atoms with van der Waals surface area (Å²) in [5.74, 6) is 0.720. The number of carbonyl (C=O) groups excluding carboxylic acids is 1. The summed E-state index contributed by atoms with van der Waals surface area (Å²) in [6.07, 6.45) is 3.34. The van der Waals surface area contributed by atoms with E-state index in [0.717, 1.165) is 17.0 Å². The summed E-state index contributed by atoms with van der Waals surface area (Å²) in [6.45, 7) is 3.80. The second kappa shape index (κ2) is 9.02. The second-order valence-electron chi connectivity index (χ2n) is 8.23. The Balaban J connectivity index is 1.61. The Morgan fingerprint density at radius 3 is 2.69 bits per heavy atom. The van der Waals surface area contributed by atoms with Crippen LogP contribution in [-0.4, -0.2) is 37.3 Å². The van der Waals surface area contributed by atoms with Crippen LogP contribution in [0.25, 0.3) is 22.6 Å². The maximum absolute atomic E-state index is 14.3. The number of anilines is 1. The molecule has 9 heteroatoms. The standard InChI is InChI=1S/C26H24FN7O/c1-16-7-6-10-25(30-16)34-22(14-24(32-34)31-17(2)19-8-4-5-9-21(19)27)18-11-12-33-23(13-18)20(15-29-33)26(35)28-3/h4-15,17H,1-3H3,(H,28,35)(H,31,32). The Hall–Kier alpha value is -4.53. The van der Waals surface area contributed by atoms with E-state index >= 15 is 0 Å². The van der Waals surface area contributed by atoms with Crippen molar-refractivity contribution in [3.05, 3.63) is 95.7 Å². The molecule has 5 rings (SSSR count). The van der Waals surface area contributed by atoms with E-state index < -0.39 is 0 Å². The van der Waals surface area contributed by atoms with Crippen molar-refractivity contribution >= 4 is 17.2 Å². The third kappa shape index (κ3) is 4.23. The van der Waals surface area contributed by atoms with Gasteiger partial charge in [0, 0.05) is 36.1 Å². The van der Waals surface area contributed by atoms with Gasteiger partial charge in [-0.1, -0.05) is 24.3 Å². The molecular formula is C26H24FN7O.